The second kappa shape index (κ2) is 11.0. The van der Waals surface area contributed by atoms with Crippen LogP contribution in [0, 0.1) is 0 Å². The van der Waals surface area contributed by atoms with Crippen molar-refractivity contribution in [2.75, 3.05) is 6.54 Å². The monoisotopic (exact) mass is 557 g/mol. The molecule has 35 heavy (non-hydrogen) atoms. The first-order valence-corrected chi connectivity index (χ1v) is 15.6. The summed E-state index contributed by atoms with van der Waals surface area (Å²) in [5.41, 5.74) is 0.663. The number of carbonyl (C=O) groups is 1. The predicted molar refractivity (Wildman–Crippen MR) is 141 cm³/mol. The van der Waals surface area contributed by atoms with Gasteiger partial charge in [0.15, 0.2) is 0 Å². The van der Waals surface area contributed by atoms with Crippen molar-refractivity contribution in [1.29, 1.82) is 0 Å². The van der Waals surface area contributed by atoms with Crippen LogP contribution in [0.3, 0.4) is 0 Å². The summed E-state index contributed by atoms with van der Waals surface area (Å²) in [5.74, 6) is -0.535. The van der Waals surface area contributed by atoms with E-state index in [1.54, 1.807) is 18.2 Å². The first-order chi connectivity index (χ1) is 16.2. The molecule has 9 heteroatoms. The van der Waals surface area contributed by atoms with Crippen LogP contribution in [0.1, 0.15) is 27.0 Å². The van der Waals surface area contributed by atoms with Crippen LogP contribution in [-0.4, -0.2) is 25.4 Å². The number of hydrogen-bond acceptors (Lipinski definition) is 1. The molecule has 2 nitrogen and oxygen atoms in total. The summed E-state index contributed by atoms with van der Waals surface area (Å²) < 4.78 is 40.0. The smallest absolute Gasteiger partial charge is 0.334 e. The normalized spacial score (nSPS) is 12.0. The summed E-state index contributed by atoms with van der Waals surface area (Å²) in [6, 6.07) is 16.2. The summed E-state index contributed by atoms with van der Waals surface area (Å²) >= 11 is 18.0. The van der Waals surface area contributed by atoms with Gasteiger partial charge in [0.2, 0.25) is 0 Å². The van der Waals surface area contributed by atoms with Crippen molar-refractivity contribution < 1.29 is 18.0 Å². The molecule has 0 aliphatic rings. The highest BCUT2D eigenvalue weighted by molar-refractivity contribution is 6.88. The quantitative estimate of drug-likeness (QED) is 0.268. The Labute approximate surface area is 219 Å². The third-order valence-corrected chi connectivity index (χ3v) is 8.63. The molecule has 3 aromatic carbocycles. The third kappa shape index (κ3) is 7.50. The minimum Gasteiger partial charge on any atom is -0.334 e. The maximum Gasteiger partial charge on any atom is 0.416 e. The van der Waals surface area contributed by atoms with Crippen LogP contribution < -0.4 is 5.19 Å². The van der Waals surface area contributed by atoms with Gasteiger partial charge in [0.1, 0.15) is 0 Å². The van der Waals surface area contributed by atoms with Gasteiger partial charge in [-0.25, -0.2) is 0 Å². The molecule has 0 unspecified atom stereocenters. The van der Waals surface area contributed by atoms with Gasteiger partial charge >= 0.3 is 6.18 Å². The number of benzene rings is 3. The van der Waals surface area contributed by atoms with Gasteiger partial charge in [-0.2, -0.15) is 13.2 Å². The molecule has 0 atom stereocenters. The zero-order valence-electron chi connectivity index (χ0n) is 19.5. The minimum absolute atomic E-state index is 0.113. The second-order valence-corrected chi connectivity index (χ2v) is 15.7. The Hall–Kier alpha value is -1.99. The highest BCUT2D eigenvalue weighted by Gasteiger charge is 2.32. The zero-order valence-corrected chi connectivity index (χ0v) is 22.8. The Kier molecular flexibility index (Phi) is 8.63. The summed E-state index contributed by atoms with van der Waals surface area (Å²) in [5, 5.41) is 1.95. The fraction of sp³-hybridized carbons (Fsp3) is 0.269. The molecule has 3 rings (SSSR count). The first kappa shape index (κ1) is 27.6. The number of amides is 1. The van der Waals surface area contributed by atoms with Crippen molar-refractivity contribution in [3.05, 3.63) is 98.0 Å². The van der Waals surface area contributed by atoms with Gasteiger partial charge in [-0.1, -0.05) is 90.0 Å². The van der Waals surface area contributed by atoms with E-state index in [0.29, 0.717) is 16.5 Å². The predicted octanol–water partition coefficient (Wildman–Crippen LogP) is 8.10. The number of carbonyl (C=O) groups excluding carboxylic acids is 1. The number of nitrogens with zero attached hydrogens (tertiary/aromatic N) is 1. The fourth-order valence-corrected chi connectivity index (χ4v) is 5.32. The van der Waals surface area contributed by atoms with Gasteiger partial charge in [-0.15, -0.1) is 0 Å². The molecule has 0 saturated heterocycles. The molecular weight excluding hydrogens is 534 g/mol. The SMILES string of the molecule is C[Si](C)(C)c1ccc(CN(CCc2ccc(Cl)c(Cl)c2)C(=O)c2cc(Cl)cc(C(F)(F)F)c2)cc1. The summed E-state index contributed by atoms with van der Waals surface area (Å²) in [6.07, 6.45) is -4.17. The Bertz CT molecular complexity index is 1210. The van der Waals surface area contributed by atoms with Gasteiger partial charge in [0.25, 0.3) is 5.91 Å². The van der Waals surface area contributed by atoms with E-state index in [1.165, 1.54) is 16.2 Å². The van der Waals surface area contributed by atoms with E-state index >= 15 is 0 Å². The number of halogens is 6. The molecule has 0 spiro atoms. The maximum atomic E-state index is 13.4. The zero-order chi connectivity index (χ0) is 26.0. The molecule has 186 valence electrons. The summed E-state index contributed by atoms with van der Waals surface area (Å²) in [7, 11) is -1.50. The van der Waals surface area contributed by atoms with E-state index in [4.69, 9.17) is 34.8 Å². The van der Waals surface area contributed by atoms with Crippen molar-refractivity contribution in [3.8, 4) is 0 Å². The molecule has 0 saturated carbocycles. The van der Waals surface area contributed by atoms with E-state index in [9.17, 15) is 18.0 Å². The molecule has 0 N–H and O–H groups in total. The lowest BCUT2D eigenvalue weighted by atomic mass is 10.1. The van der Waals surface area contributed by atoms with Gasteiger partial charge in [0, 0.05) is 23.7 Å². The van der Waals surface area contributed by atoms with Crippen LogP contribution >= 0.6 is 34.8 Å². The first-order valence-electron chi connectivity index (χ1n) is 10.9. The van der Waals surface area contributed by atoms with Crippen LogP contribution in [0.4, 0.5) is 13.2 Å². The molecule has 0 heterocycles. The molecule has 0 radical (unpaired) electrons. The molecule has 0 fully saturated rings. The van der Waals surface area contributed by atoms with Crippen molar-refractivity contribution in [2.24, 2.45) is 0 Å². The van der Waals surface area contributed by atoms with Crippen molar-refractivity contribution in [2.45, 2.75) is 38.8 Å². The van der Waals surface area contributed by atoms with Gasteiger partial charge in [0.05, 0.1) is 23.7 Å². The Morgan fingerprint density at radius 1 is 0.857 bits per heavy atom. The lowest BCUT2D eigenvalue weighted by molar-refractivity contribution is -0.137. The standard InChI is InChI=1S/C26H25Cl3F3NOSi/c1-35(2,3)22-7-4-18(5-8-22)16-33(11-10-17-6-9-23(28)24(29)12-17)25(34)19-13-20(26(30,31)32)15-21(27)14-19/h4-9,12-15H,10-11,16H2,1-3H3. The summed E-state index contributed by atoms with van der Waals surface area (Å²) in [4.78, 5) is 14.9. The molecule has 0 aliphatic carbocycles. The number of rotatable bonds is 7. The molecular formula is C26H25Cl3F3NOSi. The lowest BCUT2D eigenvalue weighted by Gasteiger charge is -2.24. The van der Waals surface area contributed by atoms with E-state index in [0.717, 1.165) is 23.3 Å². The highest BCUT2D eigenvalue weighted by Crippen LogP contribution is 2.32. The van der Waals surface area contributed by atoms with E-state index < -0.39 is 25.7 Å². The topological polar surface area (TPSA) is 20.3 Å². The molecule has 0 bridgehead atoms. The third-order valence-electron chi connectivity index (χ3n) is 5.61. The second-order valence-electron chi connectivity index (χ2n) is 9.40. The van der Waals surface area contributed by atoms with Crippen molar-refractivity contribution in [3.63, 3.8) is 0 Å². The van der Waals surface area contributed by atoms with Crippen molar-refractivity contribution in [1.82, 2.24) is 4.90 Å². The van der Waals surface area contributed by atoms with Gasteiger partial charge in [-0.3, -0.25) is 4.79 Å². The molecule has 0 aromatic heterocycles. The highest BCUT2D eigenvalue weighted by atomic mass is 35.5. The van der Waals surface area contributed by atoms with Crippen LogP contribution in [0.5, 0.6) is 0 Å². The van der Waals surface area contributed by atoms with Gasteiger partial charge in [-0.05, 0) is 47.9 Å². The van der Waals surface area contributed by atoms with E-state index in [1.807, 2.05) is 12.1 Å². The van der Waals surface area contributed by atoms with Gasteiger partial charge < -0.3 is 4.90 Å². The van der Waals surface area contributed by atoms with Crippen LogP contribution in [0.25, 0.3) is 0 Å². The van der Waals surface area contributed by atoms with E-state index in [2.05, 4.69) is 31.8 Å². The Morgan fingerprint density at radius 3 is 2.06 bits per heavy atom. The van der Waals surface area contributed by atoms with Crippen molar-refractivity contribution >= 4 is 54.0 Å². The Morgan fingerprint density at radius 2 is 1.49 bits per heavy atom. The number of alkyl halides is 3. The lowest BCUT2D eigenvalue weighted by Crippen LogP contribution is -2.37. The molecule has 0 aliphatic heterocycles. The fourth-order valence-electron chi connectivity index (χ4n) is 3.60. The maximum absolute atomic E-state index is 13.4. The van der Waals surface area contributed by atoms with E-state index in [-0.39, 0.29) is 23.7 Å². The largest absolute Gasteiger partial charge is 0.416 e. The van der Waals surface area contributed by atoms with Crippen LogP contribution in [0.15, 0.2) is 60.7 Å². The minimum atomic E-state index is -4.61. The molecule has 3 aromatic rings. The average Bonchev–Trinajstić information content (AvgIpc) is 2.77. The van der Waals surface area contributed by atoms with Crippen LogP contribution in [-0.2, 0) is 19.1 Å². The average molecular weight is 559 g/mol. The number of hydrogen-bond donors (Lipinski definition) is 0. The molecule has 1 amide bonds. The van der Waals surface area contributed by atoms with Crippen LogP contribution in [0.2, 0.25) is 34.7 Å². The summed E-state index contributed by atoms with van der Waals surface area (Å²) in [6.45, 7) is 7.23. The Balaban J connectivity index is 1.91.